The minimum Gasteiger partial charge on any atom is -0.338 e. The van der Waals surface area contributed by atoms with E-state index in [1.165, 1.54) is 6.33 Å². The van der Waals surface area contributed by atoms with Gasteiger partial charge in [-0.2, -0.15) is 10.2 Å². The third-order valence-electron chi connectivity index (χ3n) is 4.09. The van der Waals surface area contributed by atoms with Gasteiger partial charge in [-0.25, -0.2) is 4.98 Å². The first kappa shape index (κ1) is 14.7. The number of carbonyl (C=O) groups excluding carboxylic acids is 1. The molecule has 1 aliphatic heterocycles. The fourth-order valence-corrected chi connectivity index (χ4v) is 2.91. The van der Waals surface area contributed by atoms with E-state index >= 15 is 0 Å². The lowest BCUT2D eigenvalue weighted by atomic mass is 10.2. The zero-order chi connectivity index (χ0) is 15.5. The molecule has 1 saturated heterocycles. The van der Waals surface area contributed by atoms with E-state index in [2.05, 4.69) is 29.0 Å². The standard InChI is InChI=1S/C15H22N6O/c1-12(2)21-7-5-13(18-21)8-15(22)20-6-3-4-14(20)9-19-11-16-10-17-19/h5,7,10-12,14H,3-4,6,8-9H2,1-2H3. The summed E-state index contributed by atoms with van der Waals surface area (Å²) in [6, 6.07) is 2.46. The molecule has 0 bridgehead atoms. The van der Waals surface area contributed by atoms with Crippen LogP contribution in [0.25, 0.3) is 0 Å². The van der Waals surface area contributed by atoms with Crippen LogP contribution >= 0.6 is 0 Å². The largest absolute Gasteiger partial charge is 0.338 e. The molecule has 1 fully saturated rings. The predicted octanol–water partition coefficient (Wildman–Crippen LogP) is 1.29. The number of rotatable bonds is 5. The van der Waals surface area contributed by atoms with Crippen LogP contribution in [0.2, 0.25) is 0 Å². The molecule has 0 aliphatic carbocycles. The topological polar surface area (TPSA) is 68.8 Å². The molecule has 1 atom stereocenters. The van der Waals surface area contributed by atoms with Gasteiger partial charge < -0.3 is 4.90 Å². The maximum atomic E-state index is 12.6. The summed E-state index contributed by atoms with van der Waals surface area (Å²) in [4.78, 5) is 18.5. The normalized spacial score (nSPS) is 18.3. The zero-order valence-corrected chi connectivity index (χ0v) is 13.1. The molecule has 118 valence electrons. The smallest absolute Gasteiger partial charge is 0.228 e. The summed E-state index contributed by atoms with van der Waals surface area (Å²) in [5.41, 5.74) is 0.838. The van der Waals surface area contributed by atoms with Crippen LogP contribution in [0.4, 0.5) is 0 Å². The van der Waals surface area contributed by atoms with Crippen molar-refractivity contribution in [3.63, 3.8) is 0 Å². The van der Waals surface area contributed by atoms with Crippen LogP contribution in [0.5, 0.6) is 0 Å². The van der Waals surface area contributed by atoms with Crippen molar-refractivity contribution in [2.45, 2.75) is 51.7 Å². The third-order valence-corrected chi connectivity index (χ3v) is 4.09. The van der Waals surface area contributed by atoms with Crippen molar-refractivity contribution in [3.05, 3.63) is 30.6 Å². The van der Waals surface area contributed by atoms with E-state index in [0.717, 1.165) is 25.1 Å². The molecule has 0 radical (unpaired) electrons. The van der Waals surface area contributed by atoms with E-state index in [1.807, 2.05) is 21.8 Å². The molecule has 2 aromatic rings. The Morgan fingerprint density at radius 3 is 3.00 bits per heavy atom. The van der Waals surface area contributed by atoms with Crippen LogP contribution in [0.15, 0.2) is 24.9 Å². The van der Waals surface area contributed by atoms with E-state index in [9.17, 15) is 4.79 Å². The number of carbonyl (C=O) groups is 1. The molecule has 3 heterocycles. The van der Waals surface area contributed by atoms with Gasteiger partial charge >= 0.3 is 0 Å². The molecule has 22 heavy (non-hydrogen) atoms. The molecular formula is C15H22N6O. The van der Waals surface area contributed by atoms with E-state index in [0.29, 0.717) is 19.0 Å². The molecule has 0 aromatic carbocycles. The zero-order valence-electron chi connectivity index (χ0n) is 13.1. The van der Waals surface area contributed by atoms with Crippen molar-refractivity contribution in [2.24, 2.45) is 0 Å². The molecule has 0 N–H and O–H groups in total. The first-order valence-electron chi connectivity index (χ1n) is 7.79. The van der Waals surface area contributed by atoms with E-state index in [-0.39, 0.29) is 11.9 Å². The van der Waals surface area contributed by atoms with Gasteiger partial charge in [-0.05, 0) is 32.8 Å². The van der Waals surface area contributed by atoms with Gasteiger partial charge in [0.25, 0.3) is 0 Å². The molecular weight excluding hydrogens is 280 g/mol. The Bertz CT molecular complexity index is 618. The van der Waals surface area contributed by atoms with Crippen molar-refractivity contribution >= 4 is 5.91 Å². The lowest BCUT2D eigenvalue weighted by molar-refractivity contribution is -0.131. The molecule has 7 nitrogen and oxygen atoms in total. The van der Waals surface area contributed by atoms with Gasteiger partial charge in [0.05, 0.1) is 24.7 Å². The number of hydrogen-bond donors (Lipinski definition) is 0. The maximum Gasteiger partial charge on any atom is 0.228 e. The minimum atomic E-state index is 0.150. The van der Waals surface area contributed by atoms with E-state index in [4.69, 9.17) is 0 Å². The van der Waals surface area contributed by atoms with Crippen molar-refractivity contribution in [1.29, 1.82) is 0 Å². The Kier molecular flexibility index (Phi) is 4.22. The van der Waals surface area contributed by atoms with Gasteiger partial charge in [-0.15, -0.1) is 0 Å². The first-order valence-corrected chi connectivity index (χ1v) is 7.79. The molecule has 7 heteroatoms. The summed E-state index contributed by atoms with van der Waals surface area (Å²) in [6.45, 7) is 5.69. The Hall–Kier alpha value is -2.18. The first-order chi connectivity index (χ1) is 10.6. The monoisotopic (exact) mass is 302 g/mol. The summed E-state index contributed by atoms with van der Waals surface area (Å²) in [5, 5.41) is 8.60. The number of amides is 1. The average Bonchev–Trinajstić information content (AvgIpc) is 3.19. The minimum absolute atomic E-state index is 0.150. The Balaban J connectivity index is 1.62. The maximum absolute atomic E-state index is 12.6. The second-order valence-electron chi connectivity index (χ2n) is 6.06. The van der Waals surface area contributed by atoms with Gasteiger partial charge in [0.2, 0.25) is 5.91 Å². The van der Waals surface area contributed by atoms with Crippen LogP contribution < -0.4 is 0 Å². The van der Waals surface area contributed by atoms with Crippen molar-refractivity contribution in [3.8, 4) is 0 Å². The van der Waals surface area contributed by atoms with Crippen molar-refractivity contribution in [1.82, 2.24) is 29.4 Å². The predicted molar refractivity (Wildman–Crippen MR) is 81.1 cm³/mol. The molecule has 1 aliphatic rings. The summed E-state index contributed by atoms with van der Waals surface area (Å²) in [6.07, 6.45) is 7.60. The Morgan fingerprint density at radius 2 is 2.32 bits per heavy atom. The molecule has 0 saturated carbocycles. The van der Waals surface area contributed by atoms with E-state index < -0.39 is 0 Å². The van der Waals surface area contributed by atoms with Crippen LogP contribution in [0, 0.1) is 0 Å². The highest BCUT2D eigenvalue weighted by molar-refractivity contribution is 5.78. The van der Waals surface area contributed by atoms with Crippen LogP contribution in [-0.4, -0.2) is 47.9 Å². The highest BCUT2D eigenvalue weighted by Crippen LogP contribution is 2.20. The second-order valence-corrected chi connectivity index (χ2v) is 6.06. The van der Waals surface area contributed by atoms with Crippen LogP contribution in [0.3, 0.4) is 0 Å². The van der Waals surface area contributed by atoms with Gasteiger partial charge in [-0.1, -0.05) is 0 Å². The summed E-state index contributed by atoms with van der Waals surface area (Å²) in [7, 11) is 0. The Labute approximate surface area is 129 Å². The highest BCUT2D eigenvalue weighted by Gasteiger charge is 2.29. The molecule has 1 amide bonds. The summed E-state index contributed by atoms with van der Waals surface area (Å²) < 4.78 is 3.68. The molecule has 1 unspecified atom stereocenters. The van der Waals surface area contributed by atoms with Gasteiger partial charge in [-0.3, -0.25) is 14.2 Å². The lowest BCUT2D eigenvalue weighted by Crippen LogP contribution is -2.39. The van der Waals surface area contributed by atoms with Gasteiger partial charge in [0, 0.05) is 18.8 Å². The van der Waals surface area contributed by atoms with Crippen LogP contribution in [-0.2, 0) is 17.8 Å². The highest BCUT2D eigenvalue weighted by atomic mass is 16.2. The third kappa shape index (κ3) is 3.18. The Morgan fingerprint density at radius 1 is 1.45 bits per heavy atom. The molecule has 0 spiro atoms. The summed E-state index contributed by atoms with van der Waals surface area (Å²) >= 11 is 0. The fourth-order valence-electron chi connectivity index (χ4n) is 2.91. The molecule has 2 aromatic heterocycles. The fraction of sp³-hybridized carbons (Fsp3) is 0.600. The SMILES string of the molecule is CC(C)n1ccc(CC(=O)N2CCCC2Cn2cncn2)n1. The van der Waals surface area contributed by atoms with Gasteiger partial charge in [0.15, 0.2) is 0 Å². The second kappa shape index (κ2) is 6.29. The quantitative estimate of drug-likeness (QED) is 0.834. The van der Waals surface area contributed by atoms with E-state index in [1.54, 1.807) is 11.0 Å². The summed E-state index contributed by atoms with van der Waals surface area (Å²) in [5.74, 6) is 0.150. The lowest BCUT2D eigenvalue weighted by Gasteiger charge is -2.24. The number of hydrogen-bond acceptors (Lipinski definition) is 4. The van der Waals surface area contributed by atoms with Gasteiger partial charge in [0.1, 0.15) is 12.7 Å². The number of nitrogens with zero attached hydrogens (tertiary/aromatic N) is 6. The van der Waals surface area contributed by atoms with Crippen molar-refractivity contribution < 1.29 is 4.79 Å². The number of likely N-dealkylation sites (tertiary alicyclic amines) is 1. The van der Waals surface area contributed by atoms with Crippen molar-refractivity contribution in [2.75, 3.05) is 6.54 Å². The average molecular weight is 302 g/mol. The van der Waals surface area contributed by atoms with Crippen LogP contribution in [0.1, 0.15) is 38.4 Å². The molecule has 3 rings (SSSR count). The number of aromatic nitrogens is 5.